The van der Waals surface area contributed by atoms with Gasteiger partial charge in [0.1, 0.15) is 0 Å². The van der Waals surface area contributed by atoms with Crippen LogP contribution in [-0.2, 0) is 0 Å². The highest BCUT2D eigenvalue weighted by atomic mass is 35.5. The van der Waals surface area contributed by atoms with Crippen LogP contribution in [0.1, 0.15) is 48.4 Å². The molecule has 0 bridgehead atoms. The van der Waals surface area contributed by atoms with Crippen molar-refractivity contribution in [3.63, 3.8) is 0 Å². The molecule has 3 N–H and O–H groups in total. The molecule has 3 heteroatoms. The number of aliphatic hydroxyl groups excluding tert-OH is 1. The number of nitrogens with two attached hydrogens (primary N) is 1. The number of aryl methyl sites for hydroxylation is 1. The normalized spacial score (nSPS) is 19.3. The third-order valence-electron chi connectivity index (χ3n) is 4.26. The lowest BCUT2D eigenvalue weighted by atomic mass is 9.88. The molecule has 0 saturated heterocycles. The molecule has 0 unspecified atom stereocenters. The molecule has 0 aliphatic heterocycles. The zero-order valence-corrected chi connectivity index (χ0v) is 12.0. The highest BCUT2D eigenvalue weighted by molar-refractivity contribution is 5.85. The van der Waals surface area contributed by atoms with Crippen molar-refractivity contribution in [1.29, 1.82) is 0 Å². The monoisotopic (exact) mass is 269 g/mol. The molecule has 2 atom stereocenters. The highest BCUT2D eigenvalue weighted by Gasteiger charge is 2.29. The number of hydrogen-bond donors (Lipinski definition) is 2. The maximum absolute atomic E-state index is 10.4. The van der Waals surface area contributed by atoms with E-state index in [1.54, 1.807) is 0 Å². The molecule has 1 aliphatic rings. The van der Waals surface area contributed by atoms with Crippen LogP contribution < -0.4 is 5.73 Å². The van der Waals surface area contributed by atoms with Crippen molar-refractivity contribution in [3.8, 4) is 0 Å². The lowest BCUT2D eigenvalue weighted by molar-refractivity contribution is 0.0843. The molecule has 18 heavy (non-hydrogen) atoms. The standard InChI is InChI=1S/C15H23NO.ClH/c1-10-6-5-9-13(11(10)2)14(16)15(17)12-7-3-4-8-12;/h5-6,9,12,14-15,17H,3-4,7-8,16H2,1-2H3;1H/t14-,15+;/m1./s1. The van der Waals surface area contributed by atoms with Crippen LogP contribution in [0.2, 0.25) is 0 Å². The summed E-state index contributed by atoms with van der Waals surface area (Å²) in [6.07, 6.45) is 4.33. The zero-order chi connectivity index (χ0) is 12.4. The molecule has 102 valence electrons. The van der Waals surface area contributed by atoms with E-state index in [0.717, 1.165) is 18.4 Å². The predicted molar refractivity (Wildman–Crippen MR) is 78.1 cm³/mol. The third kappa shape index (κ3) is 3.05. The summed E-state index contributed by atoms with van der Waals surface area (Å²) in [5, 5.41) is 10.4. The SMILES string of the molecule is Cc1cccc([C@@H](N)[C@@H](O)C2CCCC2)c1C.Cl. The van der Waals surface area contributed by atoms with Crippen molar-refractivity contribution in [3.05, 3.63) is 34.9 Å². The van der Waals surface area contributed by atoms with Crippen molar-refractivity contribution < 1.29 is 5.11 Å². The molecule has 2 rings (SSSR count). The number of halogens is 1. The van der Waals surface area contributed by atoms with Gasteiger partial charge in [-0.15, -0.1) is 12.4 Å². The highest BCUT2D eigenvalue weighted by Crippen LogP contribution is 2.33. The van der Waals surface area contributed by atoms with E-state index < -0.39 is 6.10 Å². The molecular weight excluding hydrogens is 246 g/mol. The molecule has 1 saturated carbocycles. The Labute approximate surface area is 116 Å². The fourth-order valence-electron chi connectivity index (χ4n) is 2.91. The molecule has 1 aromatic carbocycles. The van der Waals surface area contributed by atoms with E-state index in [-0.39, 0.29) is 18.4 Å². The first-order chi connectivity index (χ1) is 8.11. The van der Waals surface area contributed by atoms with E-state index in [2.05, 4.69) is 19.9 Å². The van der Waals surface area contributed by atoms with Gasteiger partial charge in [-0.05, 0) is 49.3 Å². The lowest BCUT2D eigenvalue weighted by Gasteiger charge is -2.26. The van der Waals surface area contributed by atoms with Crippen LogP contribution >= 0.6 is 12.4 Å². The van der Waals surface area contributed by atoms with E-state index in [4.69, 9.17) is 5.73 Å². The quantitative estimate of drug-likeness (QED) is 0.885. The van der Waals surface area contributed by atoms with Gasteiger partial charge in [0, 0.05) is 0 Å². The molecule has 1 aliphatic carbocycles. The Morgan fingerprint density at radius 3 is 2.44 bits per heavy atom. The van der Waals surface area contributed by atoms with Gasteiger partial charge in [0.25, 0.3) is 0 Å². The second kappa shape index (κ2) is 6.55. The fraction of sp³-hybridized carbons (Fsp3) is 0.600. The van der Waals surface area contributed by atoms with Crippen molar-refractivity contribution in [2.24, 2.45) is 11.7 Å². The van der Waals surface area contributed by atoms with Crippen LogP contribution in [0.25, 0.3) is 0 Å². The zero-order valence-electron chi connectivity index (χ0n) is 11.2. The second-order valence-corrected chi connectivity index (χ2v) is 5.35. The molecule has 0 spiro atoms. The average Bonchev–Trinajstić information content (AvgIpc) is 2.84. The Kier molecular flexibility index (Phi) is 5.64. The summed E-state index contributed by atoms with van der Waals surface area (Å²) < 4.78 is 0. The molecule has 1 aromatic rings. The largest absolute Gasteiger partial charge is 0.391 e. The predicted octanol–water partition coefficient (Wildman–Crippen LogP) is 3.28. The average molecular weight is 270 g/mol. The molecule has 2 nitrogen and oxygen atoms in total. The molecule has 0 radical (unpaired) electrons. The Hall–Kier alpha value is -0.570. The van der Waals surface area contributed by atoms with Crippen molar-refractivity contribution >= 4 is 12.4 Å². The maximum atomic E-state index is 10.4. The molecule has 0 aromatic heterocycles. The van der Waals surface area contributed by atoms with Gasteiger partial charge in [0.05, 0.1) is 12.1 Å². The van der Waals surface area contributed by atoms with E-state index in [1.165, 1.54) is 24.0 Å². The molecule has 0 heterocycles. The fourth-order valence-corrected chi connectivity index (χ4v) is 2.91. The van der Waals surface area contributed by atoms with E-state index in [0.29, 0.717) is 5.92 Å². The van der Waals surface area contributed by atoms with E-state index in [9.17, 15) is 5.11 Å². The summed E-state index contributed by atoms with van der Waals surface area (Å²) in [4.78, 5) is 0. The van der Waals surface area contributed by atoms with Crippen LogP contribution in [-0.4, -0.2) is 11.2 Å². The number of hydrogen-bond acceptors (Lipinski definition) is 2. The van der Waals surface area contributed by atoms with Gasteiger partial charge in [0.2, 0.25) is 0 Å². The Balaban J connectivity index is 0.00000162. The van der Waals surface area contributed by atoms with Crippen LogP contribution in [0.3, 0.4) is 0 Å². The maximum Gasteiger partial charge on any atom is 0.0760 e. The summed E-state index contributed by atoms with van der Waals surface area (Å²) in [7, 11) is 0. The minimum absolute atomic E-state index is 0. The van der Waals surface area contributed by atoms with Crippen molar-refractivity contribution in [2.45, 2.75) is 51.7 Å². The summed E-state index contributed by atoms with van der Waals surface area (Å²) in [6.45, 7) is 4.18. The molecule has 0 amide bonds. The minimum atomic E-state index is -0.391. The Bertz CT molecular complexity index is 388. The van der Waals surface area contributed by atoms with Gasteiger partial charge < -0.3 is 10.8 Å². The topological polar surface area (TPSA) is 46.2 Å². The van der Waals surface area contributed by atoms with Crippen LogP contribution in [0, 0.1) is 19.8 Å². The number of rotatable bonds is 3. The summed E-state index contributed by atoms with van der Waals surface area (Å²) in [6, 6.07) is 5.93. The second-order valence-electron chi connectivity index (χ2n) is 5.35. The lowest BCUT2D eigenvalue weighted by Crippen LogP contribution is -2.32. The van der Waals surface area contributed by atoms with Crippen LogP contribution in [0.15, 0.2) is 18.2 Å². The van der Waals surface area contributed by atoms with Crippen LogP contribution in [0.5, 0.6) is 0 Å². The first-order valence-corrected chi connectivity index (χ1v) is 6.61. The summed E-state index contributed by atoms with van der Waals surface area (Å²) in [5.41, 5.74) is 9.81. The first kappa shape index (κ1) is 15.5. The van der Waals surface area contributed by atoms with Crippen molar-refractivity contribution in [2.75, 3.05) is 0 Å². The number of aliphatic hydroxyl groups is 1. The van der Waals surface area contributed by atoms with Gasteiger partial charge in [-0.3, -0.25) is 0 Å². The Morgan fingerprint density at radius 1 is 1.22 bits per heavy atom. The molecule has 1 fully saturated rings. The van der Waals surface area contributed by atoms with E-state index in [1.807, 2.05) is 12.1 Å². The van der Waals surface area contributed by atoms with Gasteiger partial charge in [-0.1, -0.05) is 31.0 Å². The third-order valence-corrected chi connectivity index (χ3v) is 4.26. The van der Waals surface area contributed by atoms with Gasteiger partial charge >= 0.3 is 0 Å². The summed E-state index contributed by atoms with van der Waals surface area (Å²) >= 11 is 0. The smallest absolute Gasteiger partial charge is 0.0760 e. The van der Waals surface area contributed by atoms with Gasteiger partial charge in [0.15, 0.2) is 0 Å². The van der Waals surface area contributed by atoms with Crippen molar-refractivity contribution in [1.82, 2.24) is 0 Å². The van der Waals surface area contributed by atoms with Gasteiger partial charge in [-0.25, -0.2) is 0 Å². The minimum Gasteiger partial charge on any atom is -0.391 e. The van der Waals surface area contributed by atoms with E-state index >= 15 is 0 Å². The summed E-state index contributed by atoms with van der Waals surface area (Å²) in [5.74, 6) is 0.393. The van der Waals surface area contributed by atoms with Crippen LogP contribution in [0.4, 0.5) is 0 Å². The van der Waals surface area contributed by atoms with Gasteiger partial charge in [-0.2, -0.15) is 0 Å². The molecular formula is C15H24ClNO. The number of benzene rings is 1. The first-order valence-electron chi connectivity index (χ1n) is 6.61. The Morgan fingerprint density at radius 2 is 1.83 bits per heavy atom.